The summed E-state index contributed by atoms with van der Waals surface area (Å²) in [6, 6.07) is 0.298. The van der Waals surface area contributed by atoms with Gasteiger partial charge in [0.2, 0.25) is 5.91 Å². The van der Waals surface area contributed by atoms with Crippen molar-refractivity contribution in [2.24, 2.45) is 17.8 Å². The third-order valence-electron chi connectivity index (χ3n) is 3.35. The van der Waals surface area contributed by atoms with E-state index in [0.717, 1.165) is 18.3 Å². The second-order valence-corrected chi connectivity index (χ2v) is 4.86. The number of nitrogens with one attached hydrogen (secondary N) is 1. The van der Waals surface area contributed by atoms with Crippen molar-refractivity contribution < 1.29 is 4.79 Å². The van der Waals surface area contributed by atoms with Gasteiger partial charge in [0.05, 0.1) is 0 Å². The molecule has 2 aliphatic rings. The number of hydrogen-bond donors (Lipinski definition) is 1. The summed E-state index contributed by atoms with van der Waals surface area (Å²) in [7, 11) is 0. The Morgan fingerprint density at radius 2 is 2.15 bits per heavy atom. The van der Waals surface area contributed by atoms with Crippen molar-refractivity contribution in [1.29, 1.82) is 0 Å². The summed E-state index contributed by atoms with van der Waals surface area (Å²) in [4.78, 5) is 11.7. The van der Waals surface area contributed by atoms with Gasteiger partial charge in [0.25, 0.3) is 0 Å². The van der Waals surface area contributed by atoms with Gasteiger partial charge in [-0.05, 0) is 38.5 Å². The van der Waals surface area contributed by atoms with Crippen LogP contribution in [0.15, 0.2) is 0 Å². The van der Waals surface area contributed by atoms with Crippen LogP contribution < -0.4 is 5.32 Å². The van der Waals surface area contributed by atoms with Gasteiger partial charge in [-0.25, -0.2) is 0 Å². The highest BCUT2D eigenvalue weighted by molar-refractivity contribution is 5.79. The van der Waals surface area contributed by atoms with Crippen molar-refractivity contribution in [3.63, 3.8) is 0 Å². The van der Waals surface area contributed by atoms with E-state index in [0.29, 0.717) is 17.9 Å². The largest absolute Gasteiger partial charge is 0.354 e. The maximum atomic E-state index is 11.7. The number of carbonyl (C=O) groups excluding carboxylic acids is 1. The summed E-state index contributed by atoms with van der Waals surface area (Å²) in [5.41, 5.74) is 0. The van der Waals surface area contributed by atoms with E-state index in [1.54, 1.807) is 0 Å². The molecule has 3 atom stereocenters. The van der Waals surface area contributed by atoms with E-state index in [9.17, 15) is 4.79 Å². The van der Waals surface area contributed by atoms with Crippen LogP contribution in [0.25, 0.3) is 0 Å². The number of fused-ring (bicyclic) bond motifs is 1. The summed E-state index contributed by atoms with van der Waals surface area (Å²) in [6.07, 6.45) is 5.07. The Balaban J connectivity index is 1.88. The molecule has 2 saturated carbocycles. The molecule has 3 unspecified atom stereocenters. The van der Waals surface area contributed by atoms with Crippen LogP contribution in [0.2, 0.25) is 0 Å². The SMILES string of the molecule is CC(C)NC(=O)C1CCCC2CC21. The lowest BCUT2D eigenvalue weighted by atomic mass is 9.88. The predicted octanol–water partition coefficient (Wildman–Crippen LogP) is 1.95. The Bertz CT molecular complexity index is 212. The zero-order chi connectivity index (χ0) is 9.42. The minimum Gasteiger partial charge on any atom is -0.354 e. The topological polar surface area (TPSA) is 29.1 Å². The highest BCUT2D eigenvalue weighted by Gasteiger charge is 2.47. The van der Waals surface area contributed by atoms with E-state index >= 15 is 0 Å². The summed E-state index contributed by atoms with van der Waals surface area (Å²) >= 11 is 0. The Morgan fingerprint density at radius 3 is 2.85 bits per heavy atom. The van der Waals surface area contributed by atoms with E-state index in [-0.39, 0.29) is 0 Å². The van der Waals surface area contributed by atoms with Crippen LogP contribution in [-0.2, 0) is 4.79 Å². The minimum atomic E-state index is 0.298. The third-order valence-corrected chi connectivity index (χ3v) is 3.35. The van der Waals surface area contributed by atoms with Crippen molar-refractivity contribution >= 4 is 5.91 Å². The Hall–Kier alpha value is -0.530. The Morgan fingerprint density at radius 1 is 1.38 bits per heavy atom. The van der Waals surface area contributed by atoms with E-state index in [1.165, 1.54) is 19.3 Å². The van der Waals surface area contributed by atoms with Gasteiger partial charge < -0.3 is 5.32 Å². The molecule has 0 radical (unpaired) electrons. The first-order valence-corrected chi connectivity index (χ1v) is 5.49. The fraction of sp³-hybridized carbons (Fsp3) is 0.909. The van der Waals surface area contributed by atoms with Crippen molar-refractivity contribution in [2.75, 3.05) is 0 Å². The smallest absolute Gasteiger partial charge is 0.223 e. The Labute approximate surface area is 80.1 Å². The lowest BCUT2D eigenvalue weighted by Gasteiger charge is -2.21. The predicted molar refractivity (Wildman–Crippen MR) is 52.2 cm³/mol. The van der Waals surface area contributed by atoms with E-state index in [2.05, 4.69) is 5.32 Å². The van der Waals surface area contributed by atoms with E-state index in [1.807, 2.05) is 13.8 Å². The zero-order valence-corrected chi connectivity index (χ0v) is 8.55. The molecule has 0 aromatic carbocycles. The molecule has 0 spiro atoms. The van der Waals surface area contributed by atoms with Gasteiger partial charge in [0.15, 0.2) is 0 Å². The van der Waals surface area contributed by atoms with Gasteiger partial charge in [-0.15, -0.1) is 0 Å². The van der Waals surface area contributed by atoms with Crippen LogP contribution in [0.5, 0.6) is 0 Å². The molecule has 74 valence electrons. The molecule has 0 aromatic heterocycles. The molecule has 2 rings (SSSR count). The molecule has 2 fully saturated rings. The first-order chi connectivity index (χ1) is 6.18. The molecule has 0 saturated heterocycles. The van der Waals surface area contributed by atoms with Crippen molar-refractivity contribution in [3.8, 4) is 0 Å². The van der Waals surface area contributed by atoms with Gasteiger partial charge in [-0.3, -0.25) is 4.79 Å². The molecule has 0 aliphatic heterocycles. The van der Waals surface area contributed by atoms with Crippen LogP contribution in [0.3, 0.4) is 0 Å². The minimum absolute atomic E-state index is 0.298. The van der Waals surface area contributed by atoms with Crippen LogP contribution in [0.1, 0.15) is 39.5 Å². The quantitative estimate of drug-likeness (QED) is 0.693. The van der Waals surface area contributed by atoms with E-state index < -0.39 is 0 Å². The van der Waals surface area contributed by atoms with E-state index in [4.69, 9.17) is 0 Å². The van der Waals surface area contributed by atoms with Crippen LogP contribution >= 0.6 is 0 Å². The second-order valence-electron chi connectivity index (χ2n) is 4.86. The first kappa shape index (κ1) is 9.04. The van der Waals surface area contributed by atoms with Gasteiger partial charge in [0.1, 0.15) is 0 Å². The fourth-order valence-electron chi connectivity index (χ4n) is 2.63. The van der Waals surface area contributed by atoms with Gasteiger partial charge in [-0.2, -0.15) is 0 Å². The number of carbonyl (C=O) groups is 1. The highest BCUT2D eigenvalue weighted by atomic mass is 16.1. The molecule has 2 nitrogen and oxygen atoms in total. The lowest BCUT2D eigenvalue weighted by Crippen LogP contribution is -2.37. The molecule has 1 amide bonds. The average molecular weight is 181 g/mol. The van der Waals surface area contributed by atoms with Crippen LogP contribution in [0, 0.1) is 17.8 Å². The average Bonchev–Trinajstić information content (AvgIpc) is 2.79. The number of rotatable bonds is 2. The summed E-state index contributed by atoms with van der Waals surface area (Å²) < 4.78 is 0. The highest BCUT2D eigenvalue weighted by Crippen LogP contribution is 2.52. The first-order valence-electron chi connectivity index (χ1n) is 5.49. The monoisotopic (exact) mass is 181 g/mol. The van der Waals surface area contributed by atoms with Gasteiger partial charge in [0, 0.05) is 12.0 Å². The molecular weight excluding hydrogens is 162 g/mol. The van der Waals surface area contributed by atoms with Crippen LogP contribution in [-0.4, -0.2) is 11.9 Å². The normalized spacial score (nSPS) is 37.0. The van der Waals surface area contributed by atoms with Crippen molar-refractivity contribution in [2.45, 2.75) is 45.6 Å². The summed E-state index contributed by atoms with van der Waals surface area (Å²) in [5.74, 6) is 2.30. The molecule has 1 N–H and O–H groups in total. The van der Waals surface area contributed by atoms with Crippen molar-refractivity contribution in [3.05, 3.63) is 0 Å². The molecular formula is C11H19NO. The molecule has 0 bridgehead atoms. The fourth-order valence-corrected chi connectivity index (χ4v) is 2.63. The maximum Gasteiger partial charge on any atom is 0.223 e. The molecule has 0 aromatic rings. The molecule has 2 heteroatoms. The molecule has 0 heterocycles. The summed E-state index contributed by atoms with van der Waals surface area (Å²) in [5, 5.41) is 3.03. The second kappa shape index (κ2) is 3.32. The van der Waals surface area contributed by atoms with Gasteiger partial charge in [-0.1, -0.05) is 12.8 Å². The molecule has 2 aliphatic carbocycles. The number of hydrogen-bond acceptors (Lipinski definition) is 1. The van der Waals surface area contributed by atoms with Gasteiger partial charge >= 0.3 is 0 Å². The zero-order valence-electron chi connectivity index (χ0n) is 8.55. The summed E-state index contributed by atoms with van der Waals surface area (Å²) in [6.45, 7) is 4.07. The van der Waals surface area contributed by atoms with Crippen LogP contribution in [0.4, 0.5) is 0 Å². The maximum absolute atomic E-state index is 11.7. The molecule has 13 heavy (non-hydrogen) atoms. The lowest BCUT2D eigenvalue weighted by molar-refractivity contribution is -0.126. The van der Waals surface area contributed by atoms with Crippen molar-refractivity contribution in [1.82, 2.24) is 5.32 Å². The number of amides is 1. The Kier molecular flexibility index (Phi) is 2.31. The standard InChI is InChI=1S/C11H19NO/c1-7(2)12-11(13)9-5-3-4-8-6-10(8)9/h7-10H,3-6H2,1-2H3,(H,12,13). The third kappa shape index (κ3) is 1.87.